The van der Waals surface area contributed by atoms with Crippen LogP contribution in [0.3, 0.4) is 0 Å². The van der Waals surface area contributed by atoms with Crippen LogP contribution in [0.25, 0.3) is 0 Å². The van der Waals surface area contributed by atoms with E-state index in [1.54, 1.807) is 36.4 Å². The van der Waals surface area contributed by atoms with Crippen LogP contribution in [0.1, 0.15) is 19.3 Å². The first-order chi connectivity index (χ1) is 11.6. The summed E-state index contributed by atoms with van der Waals surface area (Å²) in [6.45, 7) is 0.779. The van der Waals surface area contributed by atoms with E-state index in [0.29, 0.717) is 30.4 Å². The molecule has 0 bridgehead atoms. The quantitative estimate of drug-likeness (QED) is 0.590. The highest BCUT2D eigenvalue weighted by Crippen LogP contribution is 2.24. The summed E-state index contributed by atoms with van der Waals surface area (Å²) in [6, 6.07) is 12.9. The number of rotatable bonds is 6. The van der Waals surface area contributed by atoms with Crippen molar-refractivity contribution in [3.8, 4) is 17.2 Å². The number of nitrogens with one attached hydrogen (secondary N) is 1. The van der Waals surface area contributed by atoms with E-state index in [9.17, 15) is 4.39 Å². The van der Waals surface area contributed by atoms with Crippen molar-refractivity contribution in [2.24, 2.45) is 0 Å². The molecule has 0 spiro atoms. The maximum absolute atomic E-state index is 13.0. The molecule has 128 valence electrons. The van der Waals surface area contributed by atoms with Gasteiger partial charge in [-0.25, -0.2) is 4.39 Å². The number of thiocarbonyl (C=S) groups is 1. The Kier molecular flexibility index (Phi) is 7.29. The molecule has 2 aromatic rings. The minimum Gasteiger partial charge on any atom is -0.492 e. The lowest BCUT2D eigenvalue weighted by Gasteiger charge is -2.09. The van der Waals surface area contributed by atoms with E-state index in [2.05, 4.69) is 17.5 Å². The number of ether oxygens (including phenoxy) is 2. The van der Waals surface area contributed by atoms with Gasteiger partial charge in [0.05, 0.1) is 6.54 Å². The molecular weight excluding hydrogens is 329 g/mol. The Morgan fingerprint density at radius 3 is 2.29 bits per heavy atom. The topological polar surface area (TPSA) is 50.7 Å². The Hall–Kier alpha value is -2.34. The number of hydrogen-bond donors (Lipinski definition) is 2. The normalized spacial score (nSPS) is 11.7. The van der Waals surface area contributed by atoms with Gasteiger partial charge in [-0.15, -0.1) is 0 Å². The molecule has 2 aromatic carbocycles. The highest BCUT2D eigenvalue weighted by atomic mass is 32.1. The Balaban J connectivity index is 0.000000623. The summed E-state index contributed by atoms with van der Waals surface area (Å²) in [5.74, 6) is 1.33. The molecule has 6 heteroatoms. The Bertz CT molecular complexity index is 644. The van der Waals surface area contributed by atoms with Gasteiger partial charge in [0.2, 0.25) is 0 Å². The average Bonchev–Trinajstić information content (AvgIpc) is 3.42. The van der Waals surface area contributed by atoms with Gasteiger partial charge in [0.15, 0.2) is 0 Å². The standard InChI is InChI=1S/C15H14FNO3S.C3H6/c16-11-2-1-3-14(10-11)20-13-6-4-12(5-7-13)19-9-8-17-15(18)21;1-2-3-1/h1-7,10H,8-9H2,(H2,17,18,21);1-3H2. The maximum Gasteiger partial charge on any atom is 0.254 e. The van der Waals surface area contributed by atoms with Crippen LogP contribution in [0, 0.1) is 5.82 Å². The van der Waals surface area contributed by atoms with Gasteiger partial charge >= 0.3 is 0 Å². The first-order valence-electron chi connectivity index (χ1n) is 7.76. The van der Waals surface area contributed by atoms with Crippen molar-refractivity contribution in [2.75, 3.05) is 13.2 Å². The monoisotopic (exact) mass is 349 g/mol. The fraction of sp³-hybridized carbons (Fsp3) is 0.278. The Morgan fingerprint density at radius 1 is 1.04 bits per heavy atom. The summed E-state index contributed by atoms with van der Waals surface area (Å²) in [5, 5.41) is 11.1. The van der Waals surface area contributed by atoms with E-state index < -0.39 is 0 Å². The second kappa shape index (κ2) is 9.72. The third-order valence-corrected chi connectivity index (χ3v) is 3.00. The zero-order valence-electron chi connectivity index (χ0n) is 13.2. The third-order valence-electron chi connectivity index (χ3n) is 2.86. The number of aliphatic hydroxyl groups excluding tert-OH is 1. The Morgan fingerprint density at radius 2 is 1.71 bits per heavy atom. The summed E-state index contributed by atoms with van der Waals surface area (Å²) in [4.78, 5) is 0. The number of benzene rings is 2. The summed E-state index contributed by atoms with van der Waals surface area (Å²) >= 11 is 4.46. The van der Waals surface area contributed by atoms with E-state index in [0.717, 1.165) is 0 Å². The molecule has 1 fully saturated rings. The molecule has 1 aliphatic carbocycles. The van der Waals surface area contributed by atoms with E-state index >= 15 is 0 Å². The predicted octanol–water partition coefficient (Wildman–Crippen LogP) is 4.60. The molecule has 0 amide bonds. The van der Waals surface area contributed by atoms with Gasteiger partial charge in [-0.1, -0.05) is 25.3 Å². The van der Waals surface area contributed by atoms with Crippen LogP contribution in [0.5, 0.6) is 17.2 Å². The highest BCUT2D eigenvalue weighted by molar-refractivity contribution is 7.79. The van der Waals surface area contributed by atoms with Gasteiger partial charge in [-0.2, -0.15) is 0 Å². The summed E-state index contributed by atoms with van der Waals surface area (Å²) in [7, 11) is 0. The predicted molar refractivity (Wildman–Crippen MR) is 95.5 cm³/mol. The molecule has 0 radical (unpaired) electrons. The first kappa shape index (κ1) is 18.0. The molecular formula is C18H20FNO3S. The van der Waals surface area contributed by atoms with E-state index in [1.807, 2.05) is 0 Å². The molecule has 1 aliphatic rings. The van der Waals surface area contributed by atoms with Gasteiger partial charge in [0.25, 0.3) is 5.17 Å². The van der Waals surface area contributed by atoms with Crippen LogP contribution in [0.4, 0.5) is 4.39 Å². The molecule has 0 aliphatic heterocycles. The van der Waals surface area contributed by atoms with Crippen molar-refractivity contribution in [1.29, 1.82) is 0 Å². The zero-order valence-corrected chi connectivity index (χ0v) is 14.0. The third kappa shape index (κ3) is 7.78. The molecule has 2 N–H and O–H groups in total. The van der Waals surface area contributed by atoms with E-state index in [1.165, 1.54) is 31.4 Å². The van der Waals surface area contributed by atoms with Crippen molar-refractivity contribution in [1.82, 2.24) is 5.32 Å². The van der Waals surface area contributed by atoms with Gasteiger partial charge in [0.1, 0.15) is 29.7 Å². The van der Waals surface area contributed by atoms with E-state index in [-0.39, 0.29) is 11.0 Å². The summed E-state index contributed by atoms with van der Waals surface area (Å²) < 4.78 is 24.0. The largest absolute Gasteiger partial charge is 0.492 e. The lowest BCUT2D eigenvalue weighted by molar-refractivity contribution is 0.319. The average molecular weight is 349 g/mol. The van der Waals surface area contributed by atoms with Crippen molar-refractivity contribution < 1.29 is 19.0 Å². The lowest BCUT2D eigenvalue weighted by Crippen LogP contribution is -2.25. The molecule has 0 heterocycles. The van der Waals surface area contributed by atoms with E-state index in [4.69, 9.17) is 14.6 Å². The molecule has 0 unspecified atom stereocenters. The van der Waals surface area contributed by atoms with Gasteiger partial charge in [0, 0.05) is 6.07 Å². The molecule has 3 rings (SSSR count). The second-order valence-electron chi connectivity index (χ2n) is 5.17. The zero-order chi connectivity index (χ0) is 17.2. The highest BCUT2D eigenvalue weighted by Gasteiger charge is 2.00. The van der Waals surface area contributed by atoms with Crippen molar-refractivity contribution in [3.63, 3.8) is 0 Å². The van der Waals surface area contributed by atoms with Crippen LogP contribution in [0.15, 0.2) is 48.5 Å². The molecule has 0 saturated heterocycles. The molecule has 0 atom stereocenters. The number of aliphatic hydroxyl groups is 1. The second-order valence-corrected chi connectivity index (χ2v) is 5.56. The lowest BCUT2D eigenvalue weighted by atomic mass is 10.3. The summed E-state index contributed by atoms with van der Waals surface area (Å²) in [6.07, 6.45) is 4.50. The number of halogens is 1. The maximum atomic E-state index is 13.0. The van der Waals surface area contributed by atoms with Gasteiger partial charge < -0.3 is 19.9 Å². The SMILES string of the molecule is C1CC1.OC(=S)NCCOc1ccc(Oc2cccc(F)c2)cc1. The Labute approximate surface area is 146 Å². The first-order valence-corrected chi connectivity index (χ1v) is 8.17. The molecule has 24 heavy (non-hydrogen) atoms. The van der Waals surface area contributed by atoms with Crippen LogP contribution >= 0.6 is 12.2 Å². The fourth-order valence-corrected chi connectivity index (χ4v) is 1.70. The van der Waals surface area contributed by atoms with Crippen molar-refractivity contribution in [3.05, 3.63) is 54.3 Å². The molecule has 1 saturated carbocycles. The van der Waals surface area contributed by atoms with Crippen molar-refractivity contribution >= 4 is 17.4 Å². The van der Waals surface area contributed by atoms with Crippen LogP contribution in [-0.4, -0.2) is 23.4 Å². The van der Waals surface area contributed by atoms with Crippen molar-refractivity contribution in [2.45, 2.75) is 19.3 Å². The van der Waals surface area contributed by atoms with Gasteiger partial charge in [-0.05, 0) is 48.6 Å². The van der Waals surface area contributed by atoms with Crippen LogP contribution in [-0.2, 0) is 0 Å². The molecule has 4 nitrogen and oxygen atoms in total. The smallest absolute Gasteiger partial charge is 0.254 e. The van der Waals surface area contributed by atoms with Crippen LogP contribution in [0.2, 0.25) is 0 Å². The fourth-order valence-electron chi connectivity index (χ4n) is 1.60. The minimum absolute atomic E-state index is 0.252. The number of hydrogen-bond acceptors (Lipinski definition) is 3. The van der Waals surface area contributed by atoms with Crippen LogP contribution < -0.4 is 14.8 Å². The summed E-state index contributed by atoms with van der Waals surface area (Å²) in [5.41, 5.74) is 0. The van der Waals surface area contributed by atoms with Gasteiger partial charge in [-0.3, -0.25) is 0 Å². The molecule has 0 aromatic heterocycles. The minimum atomic E-state index is -0.346.